The van der Waals surface area contributed by atoms with Crippen LogP contribution in [-0.4, -0.2) is 18.4 Å². The highest BCUT2D eigenvalue weighted by Gasteiger charge is 2.03. The summed E-state index contributed by atoms with van der Waals surface area (Å²) in [6.07, 6.45) is 9.69. The molecule has 1 N–H and O–H groups in total. The SMILES string of the molecule is CCCCCCCCCCOc1ccc(NC(=O)ON=C(C)C)cc1. The van der Waals surface area contributed by atoms with Crippen LogP contribution in [0.25, 0.3) is 0 Å². The average Bonchev–Trinajstić information content (AvgIpc) is 2.60. The minimum absolute atomic E-state index is 0.603. The molecule has 1 amide bonds. The van der Waals surface area contributed by atoms with E-state index in [-0.39, 0.29) is 0 Å². The molecule has 0 spiro atoms. The van der Waals surface area contributed by atoms with E-state index >= 15 is 0 Å². The fourth-order valence-electron chi connectivity index (χ4n) is 2.33. The lowest BCUT2D eigenvalue weighted by atomic mass is 10.1. The van der Waals surface area contributed by atoms with Crippen LogP contribution >= 0.6 is 0 Å². The Bertz CT molecular complexity index is 508. The van der Waals surface area contributed by atoms with Gasteiger partial charge in [0.05, 0.1) is 12.3 Å². The number of carbonyl (C=O) groups is 1. The van der Waals surface area contributed by atoms with E-state index in [4.69, 9.17) is 4.74 Å². The Labute approximate surface area is 151 Å². The van der Waals surface area contributed by atoms with Gasteiger partial charge in [-0.25, -0.2) is 4.79 Å². The number of benzene rings is 1. The molecule has 0 aliphatic carbocycles. The number of hydrogen-bond acceptors (Lipinski definition) is 4. The fraction of sp³-hybridized carbons (Fsp3) is 0.600. The quantitative estimate of drug-likeness (QED) is 0.213. The van der Waals surface area contributed by atoms with Gasteiger partial charge in [-0.1, -0.05) is 57.0 Å². The number of ether oxygens (including phenoxy) is 1. The van der Waals surface area contributed by atoms with Gasteiger partial charge < -0.3 is 4.74 Å². The molecule has 1 aromatic carbocycles. The summed E-state index contributed by atoms with van der Waals surface area (Å²) in [7, 11) is 0. The Morgan fingerprint density at radius 1 is 0.960 bits per heavy atom. The van der Waals surface area contributed by atoms with Gasteiger partial charge in [0.1, 0.15) is 5.75 Å². The van der Waals surface area contributed by atoms with Crippen molar-refractivity contribution in [2.75, 3.05) is 11.9 Å². The number of nitrogens with zero attached hydrogens (tertiary/aromatic N) is 1. The van der Waals surface area contributed by atoms with Crippen LogP contribution in [-0.2, 0) is 4.84 Å². The van der Waals surface area contributed by atoms with Crippen LogP contribution in [0.15, 0.2) is 29.4 Å². The first-order valence-electron chi connectivity index (χ1n) is 9.34. The Balaban J connectivity index is 2.14. The lowest BCUT2D eigenvalue weighted by molar-refractivity contribution is 0.166. The maximum absolute atomic E-state index is 11.5. The smallest absolute Gasteiger partial charge is 0.437 e. The summed E-state index contributed by atoms with van der Waals surface area (Å²) in [6, 6.07) is 7.25. The van der Waals surface area contributed by atoms with Gasteiger partial charge in [-0.2, -0.15) is 0 Å². The van der Waals surface area contributed by atoms with Gasteiger partial charge in [-0.05, 0) is 44.5 Å². The van der Waals surface area contributed by atoms with Gasteiger partial charge in [0.2, 0.25) is 0 Å². The highest BCUT2D eigenvalue weighted by atomic mass is 16.7. The maximum Gasteiger partial charge on any atom is 0.437 e. The van der Waals surface area contributed by atoms with Crippen molar-refractivity contribution in [3.8, 4) is 5.75 Å². The first kappa shape index (κ1) is 21.0. The van der Waals surface area contributed by atoms with E-state index in [9.17, 15) is 4.79 Å². The summed E-state index contributed by atoms with van der Waals surface area (Å²) in [5.74, 6) is 0.810. The van der Waals surface area contributed by atoms with Gasteiger partial charge in [-0.15, -0.1) is 0 Å². The number of oxime groups is 1. The van der Waals surface area contributed by atoms with Gasteiger partial charge in [0.25, 0.3) is 0 Å². The van der Waals surface area contributed by atoms with Crippen LogP contribution in [0.3, 0.4) is 0 Å². The van der Waals surface area contributed by atoms with Crippen molar-refractivity contribution in [3.05, 3.63) is 24.3 Å². The lowest BCUT2D eigenvalue weighted by Crippen LogP contribution is -2.11. The number of amides is 1. The van der Waals surface area contributed by atoms with Crippen LogP contribution in [0.2, 0.25) is 0 Å². The largest absolute Gasteiger partial charge is 0.494 e. The number of nitrogens with one attached hydrogen (secondary N) is 1. The summed E-state index contributed by atoms with van der Waals surface area (Å²) >= 11 is 0. The van der Waals surface area contributed by atoms with E-state index in [1.807, 2.05) is 12.1 Å². The number of anilines is 1. The number of rotatable bonds is 12. The molecule has 0 aliphatic rings. The molecule has 140 valence electrons. The van der Waals surface area contributed by atoms with E-state index in [1.165, 1.54) is 44.9 Å². The van der Waals surface area contributed by atoms with E-state index in [1.54, 1.807) is 26.0 Å². The number of carbonyl (C=O) groups excluding carboxylic acids is 1. The van der Waals surface area contributed by atoms with Crippen molar-refractivity contribution in [3.63, 3.8) is 0 Å². The van der Waals surface area contributed by atoms with Crippen LogP contribution in [0.5, 0.6) is 5.75 Å². The van der Waals surface area contributed by atoms with E-state index < -0.39 is 6.09 Å². The first-order valence-corrected chi connectivity index (χ1v) is 9.34. The first-order chi connectivity index (χ1) is 12.1. The van der Waals surface area contributed by atoms with Crippen LogP contribution in [0.1, 0.15) is 72.1 Å². The van der Waals surface area contributed by atoms with Gasteiger partial charge >= 0.3 is 6.09 Å². The standard InChI is InChI=1S/C20H32N2O3/c1-4-5-6-7-8-9-10-11-16-24-19-14-12-18(13-15-19)21-20(23)25-22-17(2)3/h12-15H,4-11,16H2,1-3H3,(H,21,23). The molecule has 5 nitrogen and oxygen atoms in total. The molecule has 0 aromatic heterocycles. The molecule has 1 aromatic rings. The highest BCUT2D eigenvalue weighted by molar-refractivity contribution is 5.86. The topological polar surface area (TPSA) is 59.9 Å². The fourth-order valence-corrected chi connectivity index (χ4v) is 2.33. The molecule has 0 atom stereocenters. The average molecular weight is 348 g/mol. The third-order valence-corrected chi connectivity index (χ3v) is 3.68. The van der Waals surface area contributed by atoms with E-state index in [2.05, 4.69) is 22.2 Å². The predicted molar refractivity (Wildman–Crippen MR) is 103 cm³/mol. The zero-order valence-electron chi connectivity index (χ0n) is 15.8. The Morgan fingerprint density at radius 2 is 1.56 bits per heavy atom. The van der Waals surface area contributed by atoms with Crippen molar-refractivity contribution in [1.29, 1.82) is 0 Å². The summed E-state index contributed by atoms with van der Waals surface area (Å²) in [5.41, 5.74) is 1.33. The highest BCUT2D eigenvalue weighted by Crippen LogP contribution is 2.16. The maximum atomic E-state index is 11.5. The molecule has 0 radical (unpaired) electrons. The lowest BCUT2D eigenvalue weighted by Gasteiger charge is -2.08. The second kappa shape index (κ2) is 13.3. The third-order valence-electron chi connectivity index (χ3n) is 3.68. The third kappa shape index (κ3) is 11.2. The molecule has 0 bridgehead atoms. The van der Waals surface area contributed by atoms with Gasteiger partial charge in [-0.3, -0.25) is 10.2 Å². The molecule has 0 fully saturated rings. The summed E-state index contributed by atoms with van der Waals surface area (Å²) in [5, 5.41) is 6.21. The van der Waals surface area contributed by atoms with Crippen LogP contribution < -0.4 is 10.1 Å². The molecule has 0 unspecified atom stereocenters. The number of hydrogen-bond donors (Lipinski definition) is 1. The molecule has 0 aliphatic heterocycles. The van der Waals surface area contributed by atoms with Crippen LogP contribution in [0, 0.1) is 0 Å². The second-order valence-corrected chi connectivity index (χ2v) is 6.39. The number of unbranched alkanes of at least 4 members (excludes halogenated alkanes) is 7. The summed E-state index contributed by atoms with van der Waals surface area (Å²) in [6.45, 7) is 6.49. The predicted octanol–water partition coefficient (Wildman–Crippen LogP) is 6.15. The molecular weight excluding hydrogens is 316 g/mol. The monoisotopic (exact) mass is 348 g/mol. The Kier molecular flexibility index (Phi) is 11.2. The van der Waals surface area contributed by atoms with E-state index in [0.717, 1.165) is 18.8 Å². The molecule has 1 rings (SSSR count). The molecule has 5 heteroatoms. The van der Waals surface area contributed by atoms with Crippen LogP contribution in [0.4, 0.5) is 10.5 Å². The van der Waals surface area contributed by atoms with Crippen molar-refractivity contribution in [2.24, 2.45) is 5.16 Å². The molecule has 25 heavy (non-hydrogen) atoms. The zero-order valence-corrected chi connectivity index (χ0v) is 15.8. The molecule has 0 heterocycles. The molecule has 0 saturated heterocycles. The van der Waals surface area contributed by atoms with Crippen molar-refractivity contribution < 1.29 is 14.4 Å². The minimum Gasteiger partial charge on any atom is -0.494 e. The Hall–Kier alpha value is -2.04. The van der Waals surface area contributed by atoms with E-state index in [0.29, 0.717) is 11.4 Å². The summed E-state index contributed by atoms with van der Waals surface area (Å²) in [4.78, 5) is 16.2. The normalized spacial score (nSPS) is 10.2. The molecular formula is C20H32N2O3. The van der Waals surface area contributed by atoms with Gasteiger partial charge in [0, 0.05) is 5.69 Å². The van der Waals surface area contributed by atoms with Crippen molar-refractivity contribution in [1.82, 2.24) is 0 Å². The van der Waals surface area contributed by atoms with Gasteiger partial charge in [0.15, 0.2) is 0 Å². The zero-order chi connectivity index (χ0) is 18.3. The van der Waals surface area contributed by atoms with Crippen molar-refractivity contribution in [2.45, 2.75) is 72.1 Å². The molecule has 0 saturated carbocycles. The second-order valence-electron chi connectivity index (χ2n) is 6.39. The summed E-state index contributed by atoms with van der Waals surface area (Å²) < 4.78 is 5.72. The van der Waals surface area contributed by atoms with Crippen molar-refractivity contribution >= 4 is 17.5 Å². The minimum atomic E-state index is -0.603. The Morgan fingerprint density at radius 3 is 2.16 bits per heavy atom.